The van der Waals surface area contributed by atoms with Gasteiger partial charge in [0, 0.05) is 11.8 Å². The molecule has 0 fully saturated rings. The van der Waals surface area contributed by atoms with Crippen LogP contribution in [0.1, 0.15) is 6.42 Å². The van der Waals surface area contributed by atoms with Crippen molar-refractivity contribution in [1.82, 2.24) is 0 Å². The molecule has 0 atom stereocenters. The van der Waals surface area contributed by atoms with E-state index in [9.17, 15) is 8.42 Å². The average molecular weight is 235 g/mol. The van der Waals surface area contributed by atoms with Crippen molar-refractivity contribution in [2.24, 2.45) is 0 Å². The first-order valence-electron chi connectivity index (χ1n) is 3.12. The van der Waals surface area contributed by atoms with Crippen molar-refractivity contribution >= 4 is 31.1 Å². The van der Waals surface area contributed by atoms with Crippen molar-refractivity contribution in [3.05, 3.63) is 23.8 Å². The summed E-state index contributed by atoms with van der Waals surface area (Å²) in [6.45, 7) is 0. The van der Waals surface area contributed by atoms with Crippen LogP contribution in [0, 0.1) is 0 Å². The molecule has 1 aliphatic carbocycles. The maximum absolute atomic E-state index is 10.4. The van der Waals surface area contributed by atoms with E-state index in [0.29, 0.717) is 11.3 Å². The maximum atomic E-state index is 10.4. The van der Waals surface area contributed by atoms with E-state index in [0.717, 1.165) is 10.9 Å². The number of halogens is 1. The van der Waals surface area contributed by atoms with Gasteiger partial charge in [-0.2, -0.15) is 8.42 Å². The molecule has 0 aromatic heterocycles. The van der Waals surface area contributed by atoms with Gasteiger partial charge in [0.15, 0.2) is 0 Å². The van der Waals surface area contributed by atoms with Crippen LogP contribution in [0.5, 0.6) is 0 Å². The summed E-state index contributed by atoms with van der Waals surface area (Å²) in [5.41, 5.74) is 1.12. The monoisotopic (exact) mass is 234 g/mol. The quantitative estimate of drug-likeness (QED) is 0.507. The molecular weight excluding hydrogens is 228 g/mol. The highest BCUT2D eigenvalue weighted by atomic mass is 79.9. The summed E-state index contributed by atoms with van der Waals surface area (Å²) in [5, 5.41) is 0.780. The van der Waals surface area contributed by atoms with Gasteiger partial charge in [-0.25, -0.2) is 0 Å². The molecule has 0 heterocycles. The lowest BCUT2D eigenvalue weighted by Crippen LogP contribution is -1.99. The van der Waals surface area contributed by atoms with Crippen molar-refractivity contribution < 1.29 is 8.42 Å². The van der Waals surface area contributed by atoms with Crippen LogP contribution < -0.4 is 0 Å². The highest BCUT2D eigenvalue weighted by Gasteiger charge is 2.01. The van der Waals surface area contributed by atoms with Crippen molar-refractivity contribution in [1.29, 1.82) is 0 Å². The normalized spacial score (nSPS) is 16.5. The third kappa shape index (κ3) is 2.31. The van der Waals surface area contributed by atoms with Crippen LogP contribution in [0.25, 0.3) is 0 Å². The van der Waals surface area contributed by atoms with Crippen LogP contribution in [0.3, 0.4) is 0 Å². The first-order valence-corrected chi connectivity index (χ1v) is 5.32. The Morgan fingerprint density at radius 2 is 2.18 bits per heavy atom. The molecule has 0 radical (unpaired) electrons. The van der Waals surface area contributed by atoms with Crippen molar-refractivity contribution in [2.75, 3.05) is 5.33 Å². The van der Waals surface area contributed by atoms with Crippen LogP contribution in [-0.4, -0.2) is 18.6 Å². The fourth-order valence-corrected chi connectivity index (χ4v) is 1.60. The molecule has 0 amide bonds. The number of allylic oxidation sites excluding steroid dienone is 4. The van der Waals surface area contributed by atoms with Crippen molar-refractivity contribution in [2.45, 2.75) is 6.42 Å². The number of hydrogen-bond donors (Lipinski definition) is 0. The molecular formula is C7H7BrO2S. The molecule has 1 aliphatic rings. The molecule has 0 aliphatic heterocycles. The molecule has 0 aromatic carbocycles. The van der Waals surface area contributed by atoms with Gasteiger partial charge in [-0.1, -0.05) is 28.1 Å². The Kier molecular flexibility index (Phi) is 3.08. The molecule has 0 bridgehead atoms. The molecule has 0 N–H and O–H groups in total. The van der Waals surface area contributed by atoms with E-state index in [4.69, 9.17) is 0 Å². The summed E-state index contributed by atoms with van der Waals surface area (Å²) >= 11 is 3.29. The van der Waals surface area contributed by atoms with Crippen molar-refractivity contribution in [3.8, 4) is 0 Å². The molecule has 0 saturated heterocycles. The smallest absolute Gasteiger partial charge is 0.184 e. The van der Waals surface area contributed by atoms with E-state index in [2.05, 4.69) is 15.9 Å². The Hall–Kier alpha value is -0.350. The minimum Gasteiger partial charge on any atom is -0.184 e. The summed E-state index contributed by atoms with van der Waals surface area (Å²) in [6.07, 6.45) is 5.87. The van der Waals surface area contributed by atoms with E-state index in [1.807, 2.05) is 12.2 Å². The number of alkyl halides is 1. The van der Waals surface area contributed by atoms with Gasteiger partial charge in [-0.15, -0.1) is 0 Å². The number of hydrogen-bond acceptors (Lipinski definition) is 2. The zero-order chi connectivity index (χ0) is 8.27. The molecule has 0 spiro atoms. The zero-order valence-electron chi connectivity index (χ0n) is 5.75. The average Bonchev–Trinajstić information content (AvgIpc) is 2.05. The lowest BCUT2D eigenvalue weighted by atomic mass is 10.1. The molecule has 0 unspecified atom stereocenters. The van der Waals surface area contributed by atoms with Gasteiger partial charge in [0.2, 0.25) is 10.3 Å². The standard InChI is InChI=1S/C7H7BrO2S/c8-5-6-1-3-7(4-2-6)11(9)10/h1-3H,4-5H2. The number of rotatable bonds is 1. The first-order chi connectivity index (χ1) is 5.24. The molecule has 4 heteroatoms. The fraction of sp³-hybridized carbons (Fsp3) is 0.286. The second kappa shape index (κ2) is 3.88. The Labute approximate surface area is 75.3 Å². The lowest BCUT2D eigenvalue weighted by Gasteiger charge is -2.01. The van der Waals surface area contributed by atoms with Gasteiger partial charge in [-0.3, -0.25) is 0 Å². The first kappa shape index (κ1) is 8.74. The Balaban J connectivity index is 2.89. The van der Waals surface area contributed by atoms with E-state index >= 15 is 0 Å². The fourth-order valence-electron chi connectivity index (χ4n) is 0.790. The highest BCUT2D eigenvalue weighted by Crippen LogP contribution is 2.09. The van der Waals surface area contributed by atoms with Gasteiger partial charge in [-0.05, 0) is 11.6 Å². The van der Waals surface area contributed by atoms with E-state index in [1.165, 1.54) is 0 Å². The van der Waals surface area contributed by atoms with E-state index in [1.54, 1.807) is 6.08 Å². The van der Waals surface area contributed by atoms with Crippen molar-refractivity contribution in [3.63, 3.8) is 0 Å². The van der Waals surface area contributed by atoms with Crippen LogP contribution in [0.4, 0.5) is 0 Å². The largest absolute Gasteiger partial charge is 0.217 e. The van der Waals surface area contributed by atoms with Crippen LogP contribution in [0.2, 0.25) is 0 Å². The summed E-state index contributed by atoms with van der Waals surface area (Å²) in [6, 6.07) is 0. The van der Waals surface area contributed by atoms with E-state index < -0.39 is 10.3 Å². The molecule has 1 rings (SSSR count). The highest BCUT2D eigenvalue weighted by molar-refractivity contribution is 9.09. The minimum absolute atomic E-state index is 0.453. The molecule has 60 valence electrons. The third-order valence-electron chi connectivity index (χ3n) is 1.42. The Morgan fingerprint density at radius 1 is 1.45 bits per heavy atom. The topological polar surface area (TPSA) is 34.1 Å². The molecule has 2 nitrogen and oxygen atoms in total. The second-order valence-electron chi connectivity index (χ2n) is 2.15. The zero-order valence-corrected chi connectivity index (χ0v) is 8.15. The SMILES string of the molecule is O=S(=O)=C1C=CC(CBr)=CC1. The Bertz CT molecular complexity index is 327. The Morgan fingerprint density at radius 3 is 2.55 bits per heavy atom. The molecule has 11 heavy (non-hydrogen) atoms. The molecule has 0 aromatic rings. The maximum Gasteiger partial charge on any atom is 0.217 e. The van der Waals surface area contributed by atoms with E-state index in [-0.39, 0.29) is 0 Å². The summed E-state index contributed by atoms with van der Waals surface area (Å²) < 4.78 is 20.8. The minimum atomic E-state index is -2.05. The van der Waals surface area contributed by atoms with Gasteiger partial charge >= 0.3 is 0 Å². The predicted octanol–water partition coefficient (Wildman–Crippen LogP) is 1.32. The van der Waals surface area contributed by atoms with Gasteiger partial charge in [0.1, 0.15) is 0 Å². The lowest BCUT2D eigenvalue weighted by molar-refractivity contribution is 0.627. The third-order valence-corrected chi connectivity index (χ3v) is 2.80. The van der Waals surface area contributed by atoms with Gasteiger partial charge < -0.3 is 0 Å². The second-order valence-corrected chi connectivity index (χ2v) is 3.71. The summed E-state index contributed by atoms with van der Waals surface area (Å²) in [4.78, 5) is 0.453. The van der Waals surface area contributed by atoms with Gasteiger partial charge in [0.25, 0.3) is 0 Å². The summed E-state index contributed by atoms with van der Waals surface area (Å²) in [5.74, 6) is 0. The van der Waals surface area contributed by atoms with Crippen LogP contribution in [0.15, 0.2) is 23.8 Å². The predicted molar refractivity (Wildman–Crippen MR) is 49.6 cm³/mol. The van der Waals surface area contributed by atoms with Crippen LogP contribution in [-0.2, 0) is 10.3 Å². The molecule has 0 saturated carbocycles. The van der Waals surface area contributed by atoms with Gasteiger partial charge in [0.05, 0.1) is 4.86 Å². The summed E-state index contributed by atoms with van der Waals surface area (Å²) in [7, 11) is -2.05. The van der Waals surface area contributed by atoms with Crippen LogP contribution >= 0.6 is 15.9 Å².